The number of halogens is 1. The van der Waals surface area contributed by atoms with E-state index in [0.717, 1.165) is 0 Å². The highest BCUT2D eigenvalue weighted by molar-refractivity contribution is 5.80. The molecule has 6 nitrogen and oxygen atoms in total. The minimum absolute atomic E-state index is 0.0103. The highest BCUT2D eigenvalue weighted by Crippen LogP contribution is 2.17. The van der Waals surface area contributed by atoms with Crippen LogP contribution < -0.4 is 9.47 Å². The second kappa shape index (κ2) is 10.2. The zero-order chi connectivity index (χ0) is 19.6. The standard InChI is InChI=1S/C20H22FNO5/c1-22(13-15-5-3-4-6-18(15)21)19(23)14-27-20(24)11-12-26-17-9-7-16(25-2)8-10-17/h3-10H,11-14H2,1-2H3. The van der Waals surface area contributed by atoms with Gasteiger partial charge >= 0.3 is 5.97 Å². The molecule has 0 radical (unpaired) electrons. The van der Waals surface area contributed by atoms with Crippen LogP contribution in [-0.4, -0.2) is 44.1 Å². The molecule has 0 saturated heterocycles. The van der Waals surface area contributed by atoms with Crippen LogP contribution in [0.3, 0.4) is 0 Å². The van der Waals surface area contributed by atoms with Crippen LogP contribution in [0.25, 0.3) is 0 Å². The predicted octanol–water partition coefficient (Wildman–Crippen LogP) is 2.81. The van der Waals surface area contributed by atoms with Gasteiger partial charge in [-0.1, -0.05) is 18.2 Å². The first-order chi connectivity index (χ1) is 13.0. The number of rotatable bonds is 9. The second-order valence-corrected chi connectivity index (χ2v) is 5.78. The predicted molar refractivity (Wildman–Crippen MR) is 96.9 cm³/mol. The van der Waals surface area contributed by atoms with Crippen molar-refractivity contribution < 1.29 is 28.2 Å². The third kappa shape index (κ3) is 6.62. The van der Waals surface area contributed by atoms with E-state index >= 15 is 0 Å². The lowest BCUT2D eigenvalue weighted by Gasteiger charge is -2.17. The molecule has 0 heterocycles. The van der Waals surface area contributed by atoms with Gasteiger partial charge in [-0.15, -0.1) is 0 Å². The molecule has 2 aromatic rings. The average molecular weight is 375 g/mol. The van der Waals surface area contributed by atoms with Crippen LogP contribution in [0.2, 0.25) is 0 Å². The molecule has 0 unspecified atom stereocenters. The van der Waals surface area contributed by atoms with Crippen LogP contribution in [0.15, 0.2) is 48.5 Å². The fraction of sp³-hybridized carbons (Fsp3) is 0.300. The Morgan fingerprint density at radius 3 is 2.37 bits per heavy atom. The normalized spacial score (nSPS) is 10.2. The van der Waals surface area contributed by atoms with Crippen molar-refractivity contribution in [3.63, 3.8) is 0 Å². The van der Waals surface area contributed by atoms with Crippen LogP contribution >= 0.6 is 0 Å². The minimum atomic E-state index is -0.545. The molecule has 1 amide bonds. The van der Waals surface area contributed by atoms with E-state index in [1.165, 1.54) is 18.0 Å². The summed E-state index contributed by atoms with van der Waals surface area (Å²) in [6.45, 7) is -0.166. The van der Waals surface area contributed by atoms with Crippen molar-refractivity contribution in [2.75, 3.05) is 27.4 Å². The van der Waals surface area contributed by atoms with Gasteiger partial charge in [0.25, 0.3) is 5.91 Å². The van der Waals surface area contributed by atoms with Crippen LogP contribution in [0, 0.1) is 5.82 Å². The molecule has 0 aliphatic rings. The van der Waals surface area contributed by atoms with E-state index in [2.05, 4.69) is 0 Å². The fourth-order valence-corrected chi connectivity index (χ4v) is 2.22. The van der Waals surface area contributed by atoms with E-state index < -0.39 is 18.5 Å². The lowest BCUT2D eigenvalue weighted by Crippen LogP contribution is -2.31. The molecule has 2 rings (SSSR count). The molecule has 0 aromatic heterocycles. The van der Waals surface area contributed by atoms with Gasteiger partial charge in [-0.25, -0.2) is 4.39 Å². The number of methoxy groups -OCH3 is 1. The molecule has 0 fully saturated rings. The van der Waals surface area contributed by atoms with E-state index in [4.69, 9.17) is 14.2 Å². The summed E-state index contributed by atoms with van der Waals surface area (Å²) in [4.78, 5) is 25.0. The van der Waals surface area contributed by atoms with Gasteiger partial charge in [0, 0.05) is 19.2 Å². The number of esters is 1. The molecule has 144 valence electrons. The molecule has 0 spiro atoms. The van der Waals surface area contributed by atoms with Crippen molar-refractivity contribution in [2.45, 2.75) is 13.0 Å². The van der Waals surface area contributed by atoms with Crippen LogP contribution in [0.4, 0.5) is 4.39 Å². The highest BCUT2D eigenvalue weighted by atomic mass is 19.1. The lowest BCUT2D eigenvalue weighted by molar-refractivity contribution is -0.152. The molecule has 0 atom stereocenters. The smallest absolute Gasteiger partial charge is 0.309 e. The Bertz CT molecular complexity index is 763. The Morgan fingerprint density at radius 2 is 1.70 bits per heavy atom. The average Bonchev–Trinajstić information content (AvgIpc) is 2.68. The van der Waals surface area contributed by atoms with E-state index in [9.17, 15) is 14.0 Å². The Hall–Kier alpha value is -3.09. The number of hydrogen-bond acceptors (Lipinski definition) is 5. The first-order valence-corrected chi connectivity index (χ1v) is 8.39. The quantitative estimate of drug-likeness (QED) is 0.631. The Morgan fingerprint density at radius 1 is 1.04 bits per heavy atom. The third-order valence-electron chi connectivity index (χ3n) is 3.78. The number of likely N-dealkylation sites (N-methyl/N-ethyl adjacent to an activating group) is 1. The van der Waals surface area contributed by atoms with Gasteiger partial charge < -0.3 is 19.1 Å². The van der Waals surface area contributed by atoms with Gasteiger partial charge in [0.05, 0.1) is 20.1 Å². The number of ether oxygens (including phenoxy) is 3. The van der Waals surface area contributed by atoms with Gasteiger partial charge in [0.1, 0.15) is 17.3 Å². The van der Waals surface area contributed by atoms with Crippen molar-refractivity contribution in [1.29, 1.82) is 0 Å². The Labute approximate surface area is 157 Å². The van der Waals surface area contributed by atoms with E-state index in [-0.39, 0.29) is 25.4 Å². The number of nitrogens with zero attached hydrogens (tertiary/aromatic N) is 1. The highest BCUT2D eigenvalue weighted by Gasteiger charge is 2.14. The van der Waals surface area contributed by atoms with Crippen molar-refractivity contribution in [2.24, 2.45) is 0 Å². The molecule has 7 heteroatoms. The maximum absolute atomic E-state index is 13.6. The number of hydrogen-bond donors (Lipinski definition) is 0. The minimum Gasteiger partial charge on any atom is -0.497 e. The monoisotopic (exact) mass is 375 g/mol. The van der Waals surface area contributed by atoms with E-state index in [0.29, 0.717) is 17.1 Å². The summed E-state index contributed by atoms with van der Waals surface area (Å²) in [6, 6.07) is 13.2. The van der Waals surface area contributed by atoms with Crippen LogP contribution in [0.1, 0.15) is 12.0 Å². The first-order valence-electron chi connectivity index (χ1n) is 8.39. The van der Waals surface area contributed by atoms with Gasteiger partial charge in [-0.2, -0.15) is 0 Å². The molecule has 0 N–H and O–H groups in total. The maximum Gasteiger partial charge on any atom is 0.309 e. The van der Waals surface area contributed by atoms with Gasteiger partial charge in [-0.05, 0) is 30.3 Å². The molecule has 27 heavy (non-hydrogen) atoms. The SMILES string of the molecule is COc1ccc(OCCC(=O)OCC(=O)N(C)Cc2ccccc2F)cc1. The van der Waals surface area contributed by atoms with Crippen molar-refractivity contribution in [3.05, 3.63) is 59.9 Å². The van der Waals surface area contributed by atoms with Crippen molar-refractivity contribution in [3.8, 4) is 11.5 Å². The molecular formula is C20H22FNO5. The van der Waals surface area contributed by atoms with Crippen LogP contribution in [-0.2, 0) is 20.9 Å². The number of benzene rings is 2. The van der Waals surface area contributed by atoms with E-state index in [1.807, 2.05) is 0 Å². The number of carbonyl (C=O) groups is 2. The van der Waals surface area contributed by atoms with Gasteiger partial charge in [0.15, 0.2) is 6.61 Å². The molecule has 0 aliphatic carbocycles. The Balaban J connectivity index is 1.68. The van der Waals surface area contributed by atoms with Gasteiger partial charge in [0.2, 0.25) is 0 Å². The molecule has 2 aromatic carbocycles. The zero-order valence-corrected chi connectivity index (χ0v) is 15.3. The maximum atomic E-state index is 13.6. The van der Waals surface area contributed by atoms with Crippen molar-refractivity contribution >= 4 is 11.9 Å². The number of amides is 1. The second-order valence-electron chi connectivity index (χ2n) is 5.78. The summed E-state index contributed by atoms with van der Waals surface area (Å²) >= 11 is 0. The third-order valence-corrected chi connectivity index (χ3v) is 3.78. The molecule has 0 bridgehead atoms. The summed E-state index contributed by atoms with van der Waals surface area (Å²) in [7, 11) is 3.09. The largest absolute Gasteiger partial charge is 0.497 e. The molecule has 0 saturated carbocycles. The van der Waals surface area contributed by atoms with Crippen molar-refractivity contribution in [1.82, 2.24) is 4.90 Å². The Kier molecular flexibility index (Phi) is 7.61. The first kappa shape index (κ1) is 20.2. The zero-order valence-electron chi connectivity index (χ0n) is 15.3. The summed E-state index contributed by atoms with van der Waals surface area (Å²) < 4.78 is 29.0. The summed E-state index contributed by atoms with van der Waals surface area (Å²) in [5.74, 6) is -0.0345. The van der Waals surface area contributed by atoms with E-state index in [1.54, 1.807) is 49.6 Å². The summed E-state index contributed by atoms with van der Waals surface area (Å²) in [5, 5.41) is 0. The van der Waals surface area contributed by atoms with Crippen LogP contribution in [0.5, 0.6) is 11.5 Å². The van der Waals surface area contributed by atoms with Gasteiger partial charge in [-0.3, -0.25) is 9.59 Å². The number of carbonyl (C=O) groups excluding carboxylic acids is 2. The topological polar surface area (TPSA) is 65.1 Å². The summed E-state index contributed by atoms with van der Waals surface area (Å²) in [5.41, 5.74) is 0.396. The molecular weight excluding hydrogens is 353 g/mol. The fourth-order valence-electron chi connectivity index (χ4n) is 2.22. The lowest BCUT2D eigenvalue weighted by atomic mass is 10.2. The summed E-state index contributed by atoms with van der Waals surface area (Å²) in [6.07, 6.45) is 0.0103. The molecule has 0 aliphatic heterocycles.